The number of nitrogens with one attached hydrogen (secondary N) is 1. The monoisotopic (exact) mass is 222 g/mol. The molecule has 1 aromatic heterocycles. The average Bonchev–Trinajstić information content (AvgIpc) is 3.00. The first-order valence-electron chi connectivity index (χ1n) is 6.44. The molecule has 1 N–H and O–H groups in total. The Balaban J connectivity index is 1.80. The molecule has 0 radical (unpaired) electrons. The summed E-state index contributed by atoms with van der Waals surface area (Å²) in [6.45, 7) is 6.39. The molecular weight excluding hydrogens is 200 g/mol. The van der Waals surface area contributed by atoms with E-state index in [1.807, 2.05) is 4.68 Å². The van der Waals surface area contributed by atoms with Crippen LogP contribution in [0.15, 0.2) is 6.20 Å². The van der Waals surface area contributed by atoms with Crippen LogP contribution in [0.3, 0.4) is 0 Å². The topological polar surface area (TPSA) is 42.7 Å². The van der Waals surface area contributed by atoms with Gasteiger partial charge in [-0.05, 0) is 38.1 Å². The Morgan fingerprint density at radius 2 is 2.19 bits per heavy atom. The molecule has 0 bridgehead atoms. The first kappa shape index (κ1) is 11.6. The van der Waals surface area contributed by atoms with Crippen LogP contribution in [-0.2, 0) is 6.54 Å². The van der Waals surface area contributed by atoms with Gasteiger partial charge in [0.2, 0.25) is 0 Å². The SMILES string of the molecule is CCC(CC)n1cc(CNCC2CC2)nn1. The molecule has 0 aromatic carbocycles. The van der Waals surface area contributed by atoms with Gasteiger partial charge >= 0.3 is 0 Å². The van der Waals surface area contributed by atoms with Crippen LogP contribution >= 0.6 is 0 Å². The fourth-order valence-electron chi connectivity index (χ4n) is 1.96. The molecule has 1 aliphatic rings. The summed E-state index contributed by atoms with van der Waals surface area (Å²) in [5.41, 5.74) is 1.06. The van der Waals surface area contributed by atoms with Crippen molar-refractivity contribution in [2.45, 2.75) is 52.1 Å². The Morgan fingerprint density at radius 1 is 1.44 bits per heavy atom. The highest BCUT2D eigenvalue weighted by molar-refractivity contribution is 4.93. The molecule has 0 atom stereocenters. The maximum atomic E-state index is 4.20. The van der Waals surface area contributed by atoms with Crippen molar-refractivity contribution in [2.24, 2.45) is 5.92 Å². The van der Waals surface area contributed by atoms with Crippen molar-refractivity contribution in [1.29, 1.82) is 0 Å². The third kappa shape index (κ3) is 3.04. The number of nitrogens with zero attached hydrogens (tertiary/aromatic N) is 3. The molecule has 1 fully saturated rings. The summed E-state index contributed by atoms with van der Waals surface area (Å²) in [6.07, 6.45) is 7.11. The third-order valence-electron chi connectivity index (χ3n) is 3.31. The first-order chi connectivity index (χ1) is 7.83. The molecule has 4 heteroatoms. The van der Waals surface area contributed by atoms with Crippen LogP contribution in [0.5, 0.6) is 0 Å². The van der Waals surface area contributed by atoms with Crippen molar-refractivity contribution in [1.82, 2.24) is 20.3 Å². The van der Waals surface area contributed by atoms with Gasteiger partial charge in [0.15, 0.2) is 0 Å². The van der Waals surface area contributed by atoms with Gasteiger partial charge in [0, 0.05) is 6.54 Å². The van der Waals surface area contributed by atoms with E-state index in [0.29, 0.717) is 6.04 Å². The van der Waals surface area contributed by atoms with E-state index >= 15 is 0 Å². The largest absolute Gasteiger partial charge is 0.311 e. The average molecular weight is 222 g/mol. The smallest absolute Gasteiger partial charge is 0.0964 e. The molecule has 16 heavy (non-hydrogen) atoms. The first-order valence-corrected chi connectivity index (χ1v) is 6.44. The van der Waals surface area contributed by atoms with Crippen LogP contribution in [0.4, 0.5) is 0 Å². The second-order valence-corrected chi connectivity index (χ2v) is 4.73. The standard InChI is InChI=1S/C12H22N4/c1-3-12(4-2)16-9-11(14-15-16)8-13-7-10-5-6-10/h9-10,12-13H,3-8H2,1-2H3. The highest BCUT2D eigenvalue weighted by Gasteiger charge is 2.20. The zero-order chi connectivity index (χ0) is 11.4. The Hall–Kier alpha value is -0.900. The predicted molar refractivity (Wildman–Crippen MR) is 64.1 cm³/mol. The Morgan fingerprint density at radius 3 is 2.81 bits per heavy atom. The van der Waals surface area contributed by atoms with E-state index in [-0.39, 0.29) is 0 Å². The highest BCUT2D eigenvalue weighted by Crippen LogP contribution is 2.27. The van der Waals surface area contributed by atoms with Gasteiger partial charge in [-0.15, -0.1) is 5.10 Å². The van der Waals surface area contributed by atoms with Crippen molar-refractivity contribution in [2.75, 3.05) is 6.54 Å². The maximum Gasteiger partial charge on any atom is 0.0964 e. The zero-order valence-corrected chi connectivity index (χ0v) is 10.3. The van der Waals surface area contributed by atoms with Gasteiger partial charge in [0.1, 0.15) is 0 Å². The number of hydrogen-bond donors (Lipinski definition) is 1. The fourth-order valence-corrected chi connectivity index (χ4v) is 1.96. The molecule has 0 unspecified atom stereocenters. The lowest BCUT2D eigenvalue weighted by atomic mass is 10.2. The van der Waals surface area contributed by atoms with Crippen molar-refractivity contribution in [3.05, 3.63) is 11.9 Å². The van der Waals surface area contributed by atoms with Crippen LogP contribution in [0.2, 0.25) is 0 Å². The van der Waals surface area contributed by atoms with E-state index in [2.05, 4.69) is 35.7 Å². The predicted octanol–water partition coefficient (Wildman–Crippen LogP) is 2.14. The van der Waals surface area contributed by atoms with E-state index in [1.165, 1.54) is 12.8 Å². The van der Waals surface area contributed by atoms with Crippen LogP contribution in [0.25, 0.3) is 0 Å². The van der Waals surface area contributed by atoms with E-state index in [4.69, 9.17) is 0 Å². The van der Waals surface area contributed by atoms with Crippen molar-refractivity contribution < 1.29 is 0 Å². The van der Waals surface area contributed by atoms with E-state index in [1.54, 1.807) is 0 Å². The van der Waals surface area contributed by atoms with Crippen molar-refractivity contribution in [3.63, 3.8) is 0 Å². The summed E-state index contributed by atoms with van der Waals surface area (Å²) >= 11 is 0. The lowest BCUT2D eigenvalue weighted by Gasteiger charge is -2.10. The molecular formula is C12H22N4. The van der Waals surface area contributed by atoms with Crippen LogP contribution in [-0.4, -0.2) is 21.5 Å². The van der Waals surface area contributed by atoms with Gasteiger partial charge < -0.3 is 5.32 Å². The fraction of sp³-hybridized carbons (Fsp3) is 0.833. The lowest BCUT2D eigenvalue weighted by molar-refractivity contribution is 0.418. The van der Waals surface area contributed by atoms with E-state index in [9.17, 15) is 0 Å². The molecule has 1 aromatic rings. The molecule has 1 heterocycles. The summed E-state index contributed by atoms with van der Waals surface area (Å²) in [7, 11) is 0. The molecule has 0 amide bonds. The Bertz CT molecular complexity index is 313. The highest BCUT2D eigenvalue weighted by atomic mass is 15.4. The van der Waals surface area contributed by atoms with Crippen molar-refractivity contribution >= 4 is 0 Å². The van der Waals surface area contributed by atoms with Gasteiger partial charge in [0.25, 0.3) is 0 Å². The summed E-state index contributed by atoms with van der Waals surface area (Å²) < 4.78 is 2.01. The van der Waals surface area contributed by atoms with Crippen LogP contribution < -0.4 is 5.32 Å². The molecule has 1 aliphatic carbocycles. The number of hydrogen-bond acceptors (Lipinski definition) is 3. The lowest BCUT2D eigenvalue weighted by Crippen LogP contribution is -2.16. The van der Waals surface area contributed by atoms with E-state index < -0.39 is 0 Å². The zero-order valence-electron chi connectivity index (χ0n) is 10.3. The van der Waals surface area contributed by atoms with Gasteiger partial charge in [-0.1, -0.05) is 19.1 Å². The summed E-state index contributed by atoms with van der Waals surface area (Å²) in [4.78, 5) is 0. The number of aromatic nitrogens is 3. The molecule has 2 rings (SSSR count). The molecule has 1 saturated carbocycles. The molecule has 90 valence electrons. The Kier molecular flexibility index (Phi) is 3.93. The maximum absolute atomic E-state index is 4.20. The minimum atomic E-state index is 0.504. The van der Waals surface area contributed by atoms with Gasteiger partial charge in [0.05, 0.1) is 17.9 Å². The number of rotatable bonds is 7. The van der Waals surface area contributed by atoms with Gasteiger partial charge in [-0.25, -0.2) is 4.68 Å². The van der Waals surface area contributed by atoms with Gasteiger partial charge in [-0.2, -0.15) is 0 Å². The summed E-state index contributed by atoms with van der Waals surface area (Å²) in [6, 6.07) is 0.504. The quantitative estimate of drug-likeness (QED) is 0.768. The Labute approximate surface area is 97.4 Å². The second-order valence-electron chi connectivity index (χ2n) is 4.73. The second kappa shape index (κ2) is 5.43. The summed E-state index contributed by atoms with van der Waals surface area (Å²) in [5.74, 6) is 0.925. The van der Waals surface area contributed by atoms with Crippen molar-refractivity contribution in [3.8, 4) is 0 Å². The molecule has 0 spiro atoms. The minimum absolute atomic E-state index is 0.504. The van der Waals surface area contributed by atoms with Crippen LogP contribution in [0.1, 0.15) is 51.3 Å². The van der Waals surface area contributed by atoms with E-state index in [0.717, 1.165) is 37.5 Å². The van der Waals surface area contributed by atoms with Gasteiger partial charge in [-0.3, -0.25) is 0 Å². The third-order valence-corrected chi connectivity index (χ3v) is 3.31. The molecule has 0 aliphatic heterocycles. The summed E-state index contributed by atoms with van der Waals surface area (Å²) in [5, 5.41) is 11.8. The normalized spacial score (nSPS) is 15.9. The minimum Gasteiger partial charge on any atom is -0.311 e. The van der Waals surface area contributed by atoms with Crippen LogP contribution in [0, 0.1) is 5.92 Å². The molecule has 4 nitrogen and oxygen atoms in total. The molecule has 0 saturated heterocycles.